The molecular weight excluding hydrogens is 506 g/mol. The first-order valence-corrected chi connectivity index (χ1v) is 12.1. The normalized spacial score (nSPS) is 10.6. The molecule has 3 rings (SSSR count). The third kappa shape index (κ3) is 5.75. The van der Waals surface area contributed by atoms with E-state index >= 15 is 0 Å². The maximum absolute atomic E-state index is 12.8. The number of nitrogens with one attached hydrogen (secondary N) is 1. The van der Waals surface area contributed by atoms with E-state index in [1.54, 1.807) is 21.1 Å². The number of ether oxygens (including phenoxy) is 3. The number of amides is 1. The fourth-order valence-corrected chi connectivity index (χ4v) is 5.11. The number of carbonyl (C=O) groups excluding carboxylic acids is 2. The molecule has 33 heavy (non-hydrogen) atoms. The van der Waals surface area contributed by atoms with E-state index < -0.39 is 5.97 Å². The number of hydrogen-bond acceptors (Lipinski definition) is 6. The van der Waals surface area contributed by atoms with Crippen molar-refractivity contribution in [3.05, 3.63) is 62.9 Å². The van der Waals surface area contributed by atoms with E-state index in [4.69, 9.17) is 14.2 Å². The molecule has 3 aromatic rings. The zero-order valence-electron chi connectivity index (χ0n) is 19.0. The van der Waals surface area contributed by atoms with Crippen LogP contribution in [0.15, 0.2) is 46.9 Å². The van der Waals surface area contributed by atoms with E-state index in [1.807, 2.05) is 49.4 Å². The van der Waals surface area contributed by atoms with Gasteiger partial charge in [0.05, 0.1) is 20.8 Å². The van der Waals surface area contributed by atoms with Crippen molar-refractivity contribution in [3.63, 3.8) is 0 Å². The van der Waals surface area contributed by atoms with Gasteiger partial charge in [-0.05, 0) is 43.5 Å². The van der Waals surface area contributed by atoms with Crippen molar-refractivity contribution < 1.29 is 23.8 Å². The second-order valence-corrected chi connectivity index (χ2v) is 9.25. The lowest BCUT2D eigenvalue weighted by Crippen LogP contribution is -2.15. The van der Waals surface area contributed by atoms with Crippen molar-refractivity contribution in [2.24, 2.45) is 0 Å². The first-order chi connectivity index (χ1) is 15.9. The molecule has 8 heteroatoms. The zero-order chi connectivity index (χ0) is 24.0. The van der Waals surface area contributed by atoms with E-state index in [-0.39, 0.29) is 18.9 Å². The van der Waals surface area contributed by atoms with Crippen molar-refractivity contribution in [3.8, 4) is 22.6 Å². The van der Waals surface area contributed by atoms with E-state index in [0.29, 0.717) is 28.5 Å². The Morgan fingerprint density at radius 3 is 2.36 bits per heavy atom. The minimum Gasteiger partial charge on any atom is -0.493 e. The number of carbonyl (C=O) groups is 2. The topological polar surface area (TPSA) is 73.9 Å². The molecule has 2 aromatic carbocycles. The highest BCUT2D eigenvalue weighted by Crippen LogP contribution is 2.40. The molecule has 0 bridgehead atoms. The summed E-state index contributed by atoms with van der Waals surface area (Å²) >= 11 is 4.90. The molecule has 0 spiro atoms. The van der Waals surface area contributed by atoms with Crippen molar-refractivity contribution in [2.75, 3.05) is 26.1 Å². The number of thiophene rings is 1. The Kier molecular flexibility index (Phi) is 8.52. The van der Waals surface area contributed by atoms with Crippen molar-refractivity contribution in [1.29, 1.82) is 0 Å². The Hall–Kier alpha value is -2.84. The molecule has 0 radical (unpaired) electrons. The van der Waals surface area contributed by atoms with Gasteiger partial charge in [0.15, 0.2) is 11.5 Å². The number of aryl methyl sites for hydroxylation is 2. The van der Waals surface area contributed by atoms with Crippen LogP contribution in [0.1, 0.15) is 34.1 Å². The van der Waals surface area contributed by atoms with Crippen LogP contribution in [-0.4, -0.2) is 32.7 Å². The number of rotatable bonds is 9. The molecule has 1 heterocycles. The van der Waals surface area contributed by atoms with Gasteiger partial charge in [0.1, 0.15) is 10.6 Å². The van der Waals surface area contributed by atoms with Gasteiger partial charge in [-0.3, -0.25) is 4.79 Å². The smallest absolute Gasteiger partial charge is 0.341 e. The van der Waals surface area contributed by atoms with Crippen LogP contribution in [-0.2, 0) is 16.0 Å². The molecular formula is C25H26BrNO5S. The highest BCUT2D eigenvalue weighted by atomic mass is 79.9. The molecule has 174 valence electrons. The molecule has 0 saturated heterocycles. The van der Waals surface area contributed by atoms with Gasteiger partial charge in [0.25, 0.3) is 0 Å². The number of halogens is 1. The van der Waals surface area contributed by atoms with Gasteiger partial charge in [0, 0.05) is 21.3 Å². The molecule has 0 unspecified atom stereocenters. The van der Waals surface area contributed by atoms with Gasteiger partial charge >= 0.3 is 5.97 Å². The molecule has 0 aliphatic heterocycles. The summed E-state index contributed by atoms with van der Waals surface area (Å²) < 4.78 is 16.8. The summed E-state index contributed by atoms with van der Waals surface area (Å²) in [4.78, 5) is 26.6. The van der Waals surface area contributed by atoms with E-state index in [0.717, 1.165) is 26.0 Å². The van der Waals surface area contributed by atoms with Crippen molar-refractivity contribution >= 4 is 44.1 Å². The maximum atomic E-state index is 12.8. The summed E-state index contributed by atoms with van der Waals surface area (Å²) in [6.45, 7) is 3.95. The van der Waals surface area contributed by atoms with Crippen LogP contribution in [0.2, 0.25) is 0 Å². The van der Waals surface area contributed by atoms with Gasteiger partial charge in [-0.1, -0.05) is 46.3 Å². The van der Waals surface area contributed by atoms with Crippen molar-refractivity contribution in [1.82, 2.24) is 0 Å². The van der Waals surface area contributed by atoms with Crippen LogP contribution < -0.4 is 14.8 Å². The zero-order valence-corrected chi connectivity index (χ0v) is 21.4. The number of anilines is 1. The SMILES string of the molecule is CCOC(=O)c1c(NC(=O)CCc2cc(OC)c(OC)cc2Br)sc(C)c1-c1ccccc1. The lowest BCUT2D eigenvalue weighted by Gasteiger charge is -2.12. The second-order valence-electron chi connectivity index (χ2n) is 7.17. The maximum Gasteiger partial charge on any atom is 0.341 e. The summed E-state index contributed by atoms with van der Waals surface area (Å²) in [5.41, 5.74) is 3.01. The fraction of sp³-hybridized carbons (Fsp3) is 0.280. The van der Waals surface area contributed by atoms with Gasteiger partial charge in [-0.15, -0.1) is 11.3 Å². The summed E-state index contributed by atoms with van der Waals surface area (Å²) in [6, 6.07) is 13.3. The van der Waals surface area contributed by atoms with Gasteiger partial charge in [0.2, 0.25) is 5.91 Å². The third-order valence-corrected chi connectivity index (χ3v) is 6.81. The predicted octanol–water partition coefficient (Wildman–Crippen LogP) is 6.25. The lowest BCUT2D eigenvalue weighted by molar-refractivity contribution is -0.116. The quantitative estimate of drug-likeness (QED) is 0.330. The van der Waals surface area contributed by atoms with Crippen LogP contribution in [0.5, 0.6) is 11.5 Å². The summed E-state index contributed by atoms with van der Waals surface area (Å²) in [5, 5.41) is 3.43. The highest BCUT2D eigenvalue weighted by Gasteiger charge is 2.25. The molecule has 1 aromatic heterocycles. The summed E-state index contributed by atoms with van der Waals surface area (Å²) in [5.74, 6) is 0.572. The van der Waals surface area contributed by atoms with Crippen LogP contribution in [0.3, 0.4) is 0 Å². The van der Waals surface area contributed by atoms with Crippen LogP contribution in [0, 0.1) is 6.92 Å². The van der Waals surface area contributed by atoms with E-state index in [2.05, 4.69) is 21.2 Å². The van der Waals surface area contributed by atoms with Gasteiger partial charge < -0.3 is 19.5 Å². The molecule has 0 aliphatic carbocycles. The Balaban J connectivity index is 1.83. The molecule has 1 N–H and O–H groups in total. The first-order valence-electron chi connectivity index (χ1n) is 10.5. The standard InChI is InChI=1S/C25H26BrNO5S/c1-5-32-25(29)23-22(16-9-7-6-8-10-16)15(2)33-24(23)27-21(28)12-11-17-13-19(30-3)20(31-4)14-18(17)26/h6-10,13-14H,5,11-12H2,1-4H3,(H,27,28). The minimum atomic E-state index is -0.446. The molecule has 6 nitrogen and oxygen atoms in total. The van der Waals surface area contributed by atoms with Crippen LogP contribution >= 0.6 is 27.3 Å². The number of hydrogen-bond donors (Lipinski definition) is 1. The van der Waals surface area contributed by atoms with Crippen molar-refractivity contribution in [2.45, 2.75) is 26.7 Å². The highest BCUT2D eigenvalue weighted by molar-refractivity contribution is 9.10. The number of esters is 1. The van der Waals surface area contributed by atoms with Crippen LogP contribution in [0.25, 0.3) is 11.1 Å². The largest absolute Gasteiger partial charge is 0.493 e. The average molecular weight is 532 g/mol. The Morgan fingerprint density at radius 2 is 1.73 bits per heavy atom. The average Bonchev–Trinajstić information content (AvgIpc) is 3.14. The molecule has 0 aliphatic rings. The van der Waals surface area contributed by atoms with E-state index in [1.165, 1.54) is 11.3 Å². The molecule has 0 saturated carbocycles. The van der Waals surface area contributed by atoms with Gasteiger partial charge in [-0.25, -0.2) is 4.79 Å². The van der Waals surface area contributed by atoms with Crippen LogP contribution in [0.4, 0.5) is 5.00 Å². The molecule has 1 amide bonds. The first kappa shape index (κ1) is 24.8. The van der Waals surface area contributed by atoms with E-state index in [9.17, 15) is 9.59 Å². The molecule has 0 atom stereocenters. The van der Waals surface area contributed by atoms with Gasteiger partial charge in [-0.2, -0.15) is 0 Å². The second kappa shape index (κ2) is 11.3. The number of benzene rings is 2. The minimum absolute atomic E-state index is 0.192. The fourth-order valence-electron chi connectivity index (χ4n) is 3.51. The monoisotopic (exact) mass is 531 g/mol. The Bertz CT molecular complexity index is 1140. The third-order valence-electron chi connectivity index (χ3n) is 5.05. The Morgan fingerprint density at radius 1 is 1.06 bits per heavy atom. The summed E-state index contributed by atoms with van der Waals surface area (Å²) in [7, 11) is 3.15. The number of methoxy groups -OCH3 is 2. The lowest BCUT2D eigenvalue weighted by atomic mass is 10.0. The Labute approximate surface area is 206 Å². The summed E-state index contributed by atoms with van der Waals surface area (Å²) in [6.07, 6.45) is 0.714. The molecule has 0 fully saturated rings. The predicted molar refractivity (Wildman–Crippen MR) is 135 cm³/mol.